The van der Waals surface area contributed by atoms with Gasteiger partial charge in [-0.25, -0.2) is 9.18 Å². The summed E-state index contributed by atoms with van der Waals surface area (Å²) in [6, 6.07) is 0. The van der Waals surface area contributed by atoms with Crippen molar-refractivity contribution in [2.45, 2.75) is 44.1 Å². The Morgan fingerprint density at radius 3 is 2.71 bits per heavy atom. The number of alkyl halides is 1. The minimum absolute atomic E-state index is 0.0592. The van der Waals surface area contributed by atoms with Crippen molar-refractivity contribution in [2.24, 2.45) is 0 Å². The standard InChI is InChI=1S/C13H17FN2O5/c1-4-7-5-16(12(20)15-10(7)19)11-13(3,14)9(18)8(21-11)6(2)17/h4-6,8-9,11,17-18H,1H2,2-3H3,(H,15,19,20)/t6-,8+,9+,11+,13-/m0/s1. The molecule has 8 heteroatoms. The highest BCUT2D eigenvalue weighted by Crippen LogP contribution is 2.41. The van der Waals surface area contributed by atoms with Gasteiger partial charge in [0.05, 0.1) is 11.7 Å². The highest BCUT2D eigenvalue weighted by atomic mass is 19.1. The highest BCUT2D eigenvalue weighted by Gasteiger charge is 2.56. The molecule has 0 aromatic carbocycles. The lowest BCUT2D eigenvalue weighted by atomic mass is 9.96. The molecule has 0 radical (unpaired) electrons. The van der Waals surface area contributed by atoms with Crippen molar-refractivity contribution < 1.29 is 19.3 Å². The van der Waals surface area contributed by atoms with Crippen LogP contribution < -0.4 is 11.2 Å². The Labute approximate surface area is 119 Å². The van der Waals surface area contributed by atoms with Crippen LogP contribution in [0.3, 0.4) is 0 Å². The first-order valence-electron chi connectivity index (χ1n) is 6.38. The number of nitrogens with one attached hydrogen (secondary N) is 1. The number of aliphatic hydroxyl groups excluding tert-OH is 2. The first kappa shape index (κ1) is 15.6. The average molecular weight is 300 g/mol. The number of H-pyrrole nitrogens is 1. The van der Waals surface area contributed by atoms with Gasteiger partial charge in [0, 0.05) is 6.20 Å². The van der Waals surface area contributed by atoms with E-state index < -0.39 is 41.5 Å². The molecule has 0 spiro atoms. The van der Waals surface area contributed by atoms with E-state index in [0.29, 0.717) is 0 Å². The summed E-state index contributed by atoms with van der Waals surface area (Å²) in [6.07, 6.45) is -3.09. The number of halogens is 1. The fourth-order valence-electron chi connectivity index (χ4n) is 2.36. The minimum Gasteiger partial charge on any atom is -0.391 e. The normalized spacial score (nSPS) is 33.9. The summed E-state index contributed by atoms with van der Waals surface area (Å²) in [5, 5.41) is 19.4. The van der Waals surface area contributed by atoms with Gasteiger partial charge < -0.3 is 14.9 Å². The number of aliphatic hydroxyl groups is 2. The van der Waals surface area contributed by atoms with Gasteiger partial charge in [0.25, 0.3) is 5.56 Å². The molecule has 2 rings (SSSR count). The van der Waals surface area contributed by atoms with E-state index in [1.165, 1.54) is 13.0 Å². The zero-order valence-corrected chi connectivity index (χ0v) is 11.6. The van der Waals surface area contributed by atoms with Gasteiger partial charge in [0.1, 0.15) is 12.2 Å². The molecule has 0 saturated carbocycles. The zero-order valence-electron chi connectivity index (χ0n) is 11.6. The van der Waals surface area contributed by atoms with Gasteiger partial charge in [-0.3, -0.25) is 14.3 Å². The topological polar surface area (TPSA) is 105 Å². The van der Waals surface area contributed by atoms with Crippen molar-refractivity contribution in [2.75, 3.05) is 0 Å². The molecule has 0 amide bonds. The van der Waals surface area contributed by atoms with E-state index in [2.05, 4.69) is 6.58 Å². The predicted octanol–water partition coefficient (Wildman–Crippen LogP) is -0.453. The van der Waals surface area contributed by atoms with E-state index in [0.717, 1.165) is 17.7 Å². The summed E-state index contributed by atoms with van der Waals surface area (Å²) in [4.78, 5) is 25.3. The largest absolute Gasteiger partial charge is 0.391 e. The molecule has 2 heterocycles. The lowest BCUT2D eigenvalue weighted by molar-refractivity contribution is -0.0826. The van der Waals surface area contributed by atoms with E-state index in [-0.39, 0.29) is 5.56 Å². The summed E-state index contributed by atoms with van der Waals surface area (Å²) >= 11 is 0. The minimum atomic E-state index is -2.32. The van der Waals surface area contributed by atoms with Crippen molar-refractivity contribution in [3.8, 4) is 0 Å². The Kier molecular flexibility index (Phi) is 3.87. The van der Waals surface area contributed by atoms with Crippen LogP contribution >= 0.6 is 0 Å². The van der Waals surface area contributed by atoms with E-state index in [9.17, 15) is 24.2 Å². The molecule has 7 nitrogen and oxygen atoms in total. The smallest absolute Gasteiger partial charge is 0.330 e. The summed E-state index contributed by atoms with van der Waals surface area (Å²) in [5.41, 5.74) is -3.79. The van der Waals surface area contributed by atoms with Gasteiger partial charge >= 0.3 is 5.69 Å². The van der Waals surface area contributed by atoms with Gasteiger partial charge in [0.15, 0.2) is 11.9 Å². The Morgan fingerprint density at radius 1 is 1.62 bits per heavy atom. The number of rotatable bonds is 3. The molecule has 21 heavy (non-hydrogen) atoms. The Hall–Kier alpha value is -1.77. The van der Waals surface area contributed by atoms with Crippen LogP contribution in [0.15, 0.2) is 22.4 Å². The maximum atomic E-state index is 14.7. The van der Waals surface area contributed by atoms with Gasteiger partial charge in [-0.15, -0.1) is 0 Å². The first-order chi connectivity index (χ1) is 9.70. The van der Waals surface area contributed by atoms with Gasteiger partial charge in [0.2, 0.25) is 0 Å². The number of aromatic amines is 1. The molecule has 1 aliphatic rings. The summed E-state index contributed by atoms with van der Waals surface area (Å²) in [7, 11) is 0. The van der Waals surface area contributed by atoms with Crippen molar-refractivity contribution in [3.05, 3.63) is 39.2 Å². The second-order valence-electron chi connectivity index (χ2n) is 5.24. The molecule has 3 N–H and O–H groups in total. The third kappa shape index (κ3) is 2.45. The Bertz CT molecular complexity index is 663. The zero-order chi connectivity index (χ0) is 15.9. The molecule has 5 atom stereocenters. The molecule has 1 aromatic rings. The maximum Gasteiger partial charge on any atom is 0.330 e. The van der Waals surface area contributed by atoms with Crippen LogP contribution in [0.2, 0.25) is 0 Å². The number of hydrogen-bond acceptors (Lipinski definition) is 5. The number of aromatic nitrogens is 2. The summed E-state index contributed by atoms with van der Waals surface area (Å²) in [6.45, 7) is 5.83. The van der Waals surface area contributed by atoms with Crippen LogP contribution in [-0.4, -0.2) is 43.7 Å². The van der Waals surface area contributed by atoms with Gasteiger partial charge in [-0.2, -0.15) is 0 Å². The van der Waals surface area contributed by atoms with Crippen LogP contribution in [-0.2, 0) is 4.74 Å². The van der Waals surface area contributed by atoms with Gasteiger partial charge in [-0.1, -0.05) is 12.7 Å². The summed E-state index contributed by atoms with van der Waals surface area (Å²) < 4.78 is 20.8. The molecule has 1 fully saturated rings. The second kappa shape index (κ2) is 5.21. The van der Waals surface area contributed by atoms with E-state index >= 15 is 0 Å². The maximum absolute atomic E-state index is 14.7. The quantitative estimate of drug-likeness (QED) is 0.701. The fourth-order valence-corrected chi connectivity index (χ4v) is 2.36. The summed E-state index contributed by atoms with van der Waals surface area (Å²) in [5.74, 6) is 0. The molecular weight excluding hydrogens is 283 g/mol. The average Bonchev–Trinajstić information content (AvgIpc) is 2.62. The van der Waals surface area contributed by atoms with Crippen molar-refractivity contribution >= 4 is 6.08 Å². The van der Waals surface area contributed by atoms with Crippen molar-refractivity contribution in [1.29, 1.82) is 0 Å². The number of nitrogens with zero attached hydrogens (tertiary/aromatic N) is 1. The van der Waals surface area contributed by atoms with Gasteiger partial charge in [-0.05, 0) is 13.8 Å². The molecule has 0 aliphatic carbocycles. The van der Waals surface area contributed by atoms with Crippen molar-refractivity contribution in [3.63, 3.8) is 0 Å². The van der Waals surface area contributed by atoms with Crippen LogP contribution in [0.1, 0.15) is 25.6 Å². The Morgan fingerprint density at radius 2 is 2.24 bits per heavy atom. The molecule has 0 bridgehead atoms. The second-order valence-corrected chi connectivity index (χ2v) is 5.24. The monoisotopic (exact) mass is 300 g/mol. The number of ether oxygens (including phenoxy) is 1. The van der Waals surface area contributed by atoms with E-state index in [1.807, 2.05) is 4.98 Å². The highest BCUT2D eigenvalue weighted by molar-refractivity contribution is 5.43. The SMILES string of the molecule is C=Cc1cn([C@@H]2O[C@H]([C@H](C)O)[C@@H](O)[C@]2(C)F)c(=O)[nH]c1=O. The lowest BCUT2D eigenvalue weighted by Crippen LogP contribution is -2.44. The fraction of sp³-hybridized carbons (Fsp3) is 0.538. The molecule has 116 valence electrons. The lowest BCUT2D eigenvalue weighted by Gasteiger charge is -2.25. The van der Waals surface area contributed by atoms with Crippen LogP contribution in [0.25, 0.3) is 6.08 Å². The molecule has 1 saturated heterocycles. The molecule has 1 aromatic heterocycles. The van der Waals surface area contributed by atoms with E-state index in [4.69, 9.17) is 4.74 Å². The Balaban J connectivity index is 2.54. The molecular formula is C13H17FN2O5. The third-order valence-electron chi connectivity index (χ3n) is 3.60. The number of hydrogen-bond donors (Lipinski definition) is 3. The predicted molar refractivity (Wildman–Crippen MR) is 72.5 cm³/mol. The molecule has 1 aliphatic heterocycles. The van der Waals surface area contributed by atoms with Crippen LogP contribution in [0, 0.1) is 0 Å². The first-order valence-corrected chi connectivity index (χ1v) is 6.38. The van der Waals surface area contributed by atoms with Crippen LogP contribution in [0.4, 0.5) is 4.39 Å². The molecule has 0 unspecified atom stereocenters. The van der Waals surface area contributed by atoms with E-state index in [1.54, 1.807) is 0 Å². The van der Waals surface area contributed by atoms with Crippen LogP contribution in [0.5, 0.6) is 0 Å². The van der Waals surface area contributed by atoms with Crippen molar-refractivity contribution in [1.82, 2.24) is 9.55 Å². The third-order valence-corrected chi connectivity index (χ3v) is 3.60.